The van der Waals surface area contributed by atoms with Crippen molar-refractivity contribution < 1.29 is 13.2 Å². The number of hydrogen-bond acceptors (Lipinski definition) is 1. The Morgan fingerprint density at radius 3 is 2.35 bits per heavy atom. The van der Waals surface area contributed by atoms with Gasteiger partial charge in [-0.25, -0.2) is 0 Å². The Balaban J connectivity index is 1.83. The SMILES string of the molecule is CC(CCCC(F)(F)F)NC1CC2CCC1(C)C2(C)C. The van der Waals surface area contributed by atoms with Crippen molar-refractivity contribution in [1.82, 2.24) is 5.32 Å². The Bertz CT molecular complexity index is 350. The van der Waals surface area contributed by atoms with Crippen molar-refractivity contribution in [1.29, 1.82) is 0 Å². The van der Waals surface area contributed by atoms with Crippen molar-refractivity contribution in [3.8, 4) is 0 Å². The van der Waals surface area contributed by atoms with Crippen LogP contribution in [0.5, 0.6) is 0 Å². The van der Waals surface area contributed by atoms with Gasteiger partial charge in [-0.05, 0) is 55.8 Å². The van der Waals surface area contributed by atoms with Gasteiger partial charge in [0.15, 0.2) is 0 Å². The summed E-state index contributed by atoms with van der Waals surface area (Å²) in [5.74, 6) is 0.771. The van der Waals surface area contributed by atoms with E-state index in [0.717, 1.165) is 5.92 Å². The van der Waals surface area contributed by atoms with Gasteiger partial charge < -0.3 is 5.32 Å². The molecule has 0 aromatic rings. The molecule has 1 nitrogen and oxygen atoms in total. The molecule has 20 heavy (non-hydrogen) atoms. The van der Waals surface area contributed by atoms with E-state index in [0.29, 0.717) is 23.3 Å². The number of rotatable bonds is 5. The number of halogens is 3. The van der Waals surface area contributed by atoms with Crippen LogP contribution in [-0.2, 0) is 0 Å². The second-order valence-corrected chi connectivity index (χ2v) is 7.74. The quantitative estimate of drug-likeness (QED) is 0.758. The minimum Gasteiger partial charge on any atom is -0.311 e. The molecular weight excluding hydrogens is 263 g/mol. The summed E-state index contributed by atoms with van der Waals surface area (Å²) >= 11 is 0. The summed E-state index contributed by atoms with van der Waals surface area (Å²) in [4.78, 5) is 0. The average Bonchev–Trinajstić information content (AvgIpc) is 2.60. The zero-order valence-electron chi connectivity index (χ0n) is 13.1. The zero-order valence-corrected chi connectivity index (χ0v) is 13.1. The van der Waals surface area contributed by atoms with E-state index in [9.17, 15) is 13.2 Å². The fraction of sp³-hybridized carbons (Fsp3) is 1.00. The van der Waals surface area contributed by atoms with E-state index < -0.39 is 12.6 Å². The van der Waals surface area contributed by atoms with E-state index in [-0.39, 0.29) is 12.5 Å². The predicted octanol–water partition coefficient (Wildman–Crippen LogP) is 4.91. The predicted molar refractivity (Wildman–Crippen MR) is 75.5 cm³/mol. The van der Waals surface area contributed by atoms with E-state index in [1.165, 1.54) is 19.3 Å². The molecular formula is C16H28F3N. The van der Waals surface area contributed by atoms with Gasteiger partial charge in [0, 0.05) is 18.5 Å². The summed E-state index contributed by atoms with van der Waals surface area (Å²) in [6.07, 6.45) is -0.0881. The monoisotopic (exact) mass is 291 g/mol. The maximum Gasteiger partial charge on any atom is 0.389 e. The number of alkyl halides is 3. The highest BCUT2D eigenvalue weighted by atomic mass is 19.4. The lowest BCUT2D eigenvalue weighted by molar-refractivity contribution is -0.135. The van der Waals surface area contributed by atoms with Gasteiger partial charge in [0.1, 0.15) is 0 Å². The van der Waals surface area contributed by atoms with E-state index in [1.54, 1.807) is 0 Å². The summed E-state index contributed by atoms with van der Waals surface area (Å²) in [5, 5.41) is 3.63. The average molecular weight is 291 g/mol. The topological polar surface area (TPSA) is 12.0 Å². The van der Waals surface area contributed by atoms with E-state index in [4.69, 9.17) is 0 Å². The van der Waals surface area contributed by atoms with Crippen molar-refractivity contribution in [2.45, 2.75) is 84.5 Å². The molecule has 0 aromatic carbocycles. The standard InChI is InChI=1S/C16H28F3N/c1-11(6-5-8-16(17,18)19)20-13-10-12-7-9-15(13,4)14(12,2)3/h11-13,20H,5-10H2,1-4H3. The van der Waals surface area contributed by atoms with Crippen molar-refractivity contribution >= 4 is 0 Å². The molecule has 2 saturated carbocycles. The molecule has 0 aromatic heterocycles. The van der Waals surface area contributed by atoms with Gasteiger partial charge in [0.25, 0.3) is 0 Å². The molecule has 4 atom stereocenters. The van der Waals surface area contributed by atoms with Gasteiger partial charge in [-0.1, -0.05) is 20.8 Å². The van der Waals surface area contributed by atoms with Gasteiger partial charge in [0.05, 0.1) is 0 Å². The molecule has 0 radical (unpaired) electrons. The van der Waals surface area contributed by atoms with Crippen LogP contribution in [-0.4, -0.2) is 18.3 Å². The highest BCUT2D eigenvalue weighted by Gasteiger charge is 2.61. The first kappa shape index (κ1) is 16.1. The van der Waals surface area contributed by atoms with Crippen LogP contribution >= 0.6 is 0 Å². The molecule has 2 bridgehead atoms. The van der Waals surface area contributed by atoms with Gasteiger partial charge in [-0.2, -0.15) is 13.2 Å². The molecule has 2 aliphatic rings. The van der Waals surface area contributed by atoms with Crippen LogP contribution in [0, 0.1) is 16.7 Å². The number of nitrogens with one attached hydrogen (secondary N) is 1. The lowest BCUT2D eigenvalue weighted by atomic mass is 9.69. The Labute approximate surface area is 120 Å². The molecule has 0 saturated heterocycles. The van der Waals surface area contributed by atoms with Crippen molar-refractivity contribution in [2.24, 2.45) is 16.7 Å². The number of hydrogen-bond donors (Lipinski definition) is 1. The molecule has 0 spiro atoms. The van der Waals surface area contributed by atoms with E-state index in [2.05, 4.69) is 26.1 Å². The van der Waals surface area contributed by atoms with Crippen LogP contribution < -0.4 is 5.32 Å². The largest absolute Gasteiger partial charge is 0.389 e. The second kappa shape index (κ2) is 5.19. The molecule has 2 fully saturated rings. The highest BCUT2D eigenvalue weighted by molar-refractivity contribution is 5.13. The highest BCUT2D eigenvalue weighted by Crippen LogP contribution is 2.65. The van der Waals surface area contributed by atoms with Crippen LogP contribution in [0.4, 0.5) is 13.2 Å². The molecule has 2 rings (SSSR count). The van der Waals surface area contributed by atoms with Crippen LogP contribution in [0.15, 0.2) is 0 Å². The summed E-state index contributed by atoms with van der Waals surface area (Å²) in [6.45, 7) is 9.11. The minimum atomic E-state index is -4.01. The van der Waals surface area contributed by atoms with E-state index in [1.807, 2.05) is 6.92 Å². The van der Waals surface area contributed by atoms with Crippen LogP contribution in [0.2, 0.25) is 0 Å². The van der Waals surface area contributed by atoms with Crippen LogP contribution in [0.1, 0.15) is 66.2 Å². The fourth-order valence-electron chi connectivity index (χ4n) is 4.49. The molecule has 0 amide bonds. The molecule has 2 aliphatic carbocycles. The summed E-state index contributed by atoms with van der Waals surface area (Å²) in [5.41, 5.74) is 0.659. The van der Waals surface area contributed by atoms with Crippen molar-refractivity contribution in [3.05, 3.63) is 0 Å². The second-order valence-electron chi connectivity index (χ2n) is 7.74. The lowest BCUT2D eigenvalue weighted by Gasteiger charge is -2.40. The van der Waals surface area contributed by atoms with Crippen molar-refractivity contribution in [3.63, 3.8) is 0 Å². The fourth-order valence-corrected chi connectivity index (χ4v) is 4.49. The van der Waals surface area contributed by atoms with E-state index >= 15 is 0 Å². The maximum atomic E-state index is 12.2. The molecule has 4 unspecified atom stereocenters. The first-order chi connectivity index (χ1) is 9.06. The molecule has 1 N–H and O–H groups in total. The van der Waals surface area contributed by atoms with Crippen LogP contribution in [0.3, 0.4) is 0 Å². The maximum absolute atomic E-state index is 12.2. The lowest BCUT2D eigenvalue weighted by Crippen LogP contribution is -2.47. The Kier molecular flexibility index (Phi) is 4.18. The molecule has 4 heteroatoms. The third-order valence-corrected chi connectivity index (χ3v) is 6.38. The normalized spacial score (nSPS) is 37.4. The van der Waals surface area contributed by atoms with Crippen molar-refractivity contribution in [2.75, 3.05) is 0 Å². The Morgan fingerprint density at radius 2 is 1.90 bits per heavy atom. The first-order valence-corrected chi connectivity index (χ1v) is 7.89. The van der Waals surface area contributed by atoms with Gasteiger partial charge in [-0.3, -0.25) is 0 Å². The summed E-state index contributed by atoms with van der Waals surface area (Å²) in [6, 6.07) is 0.645. The van der Waals surface area contributed by atoms with Gasteiger partial charge >= 0.3 is 6.18 Å². The third kappa shape index (κ3) is 2.86. The summed E-state index contributed by atoms with van der Waals surface area (Å²) in [7, 11) is 0. The Morgan fingerprint density at radius 1 is 1.25 bits per heavy atom. The minimum absolute atomic E-state index is 0.175. The molecule has 0 aliphatic heterocycles. The number of fused-ring (bicyclic) bond motifs is 2. The van der Waals surface area contributed by atoms with Crippen LogP contribution in [0.25, 0.3) is 0 Å². The van der Waals surface area contributed by atoms with Gasteiger partial charge in [0.2, 0.25) is 0 Å². The van der Waals surface area contributed by atoms with Gasteiger partial charge in [-0.15, -0.1) is 0 Å². The first-order valence-electron chi connectivity index (χ1n) is 7.89. The Hall–Kier alpha value is -0.250. The molecule has 118 valence electrons. The molecule has 0 heterocycles. The third-order valence-electron chi connectivity index (χ3n) is 6.38. The summed E-state index contributed by atoms with van der Waals surface area (Å²) < 4.78 is 36.5. The zero-order chi connectivity index (χ0) is 15.2. The smallest absolute Gasteiger partial charge is 0.311 e.